The van der Waals surface area contributed by atoms with Crippen molar-refractivity contribution in [2.45, 2.75) is 13.1 Å². The smallest absolute Gasteiger partial charge is 0.146 e. The standard InChI is InChI=1S/C12H15FN4/c1-16(8-12-15-14-9-17(12)2)7-10-5-3-4-6-11(10)13/h3-6,9H,7-8H2,1-2H3. The average molecular weight is 234 g/mol. The van der Waals surface area contributed by atoms with Gasteiger partial charge >= 0.3 is 0 Å². The molecule has 0 aliphatic rings. The Morgan fingerprint density at radius 3 is 2.71 bits per heavy atom. The lowest BCUT2D eigenvalue weighted by atomic mass is 10.2. The Kier molecular flexibility index (Phi) is 3.49. The second-order valence-corrected chi connectivity index (χ2v) is 4.12. The molecule has 0 saturated heterocycles. The zero-order chi connectivity index (χ0) is 12.3. The normalized spacial score (nSPS) is 11.1. The van der Waals surface area contributed by atoms with Crippen LogP contribution >= 0.6 is 0 Å². The molecule has 4 nitrogen and oxygen atoms in total. The molecule has 0 unspecified atom stereocenters. The van der Waals surface area contributed by atoms with Crippen LogP contribution in [0.2, 0.25) is 0 Å². The quantitative estimate of drug-likeness (QED) is 0.805. The summed E-state index contributed by atoms with van der Waals surface area (Å²) >= 11 is 0. The highest BCUT2D eigenvalue weighted by atomic mass is 19.1. The van der Waals surface area contributed by atoms with Crippen LogP contribution < -0.4 is 0 Å². The fourth-order valence-electron chi connectivity index (χ4n) is 1.67. The summed E-state index contributed by atoms with van der Waals surface area (Å²) < 4.78 is 15.3. The lowest BCUT2D eigenvalue weighted by Crippen LogP contribution is -2.20. The summed E-state index contributed by atoms with van der Waals surface area (Å²) in [7, 11) is 3.83. The molecule has 0 atom stereocenters. The van der Waals surface area contributed by atoms with E-state index in [1.807, 2.05) is 29.6 Å². The van der Waals surface area contributed by atoms with Gasteiger partial charge in [-0.2, -0.15) is 0 Å². The highest BCUT2D eigenvalue weighted by molar-refractivity contribution is 5.17. The van der Waals surface area contributed by atoms with Crippen molar-refractivity contribution in [1.82, 2.24) is 19.7 Å². The molecule has 1 heterocycles. The maximum Gasteiger partial charge on any atom is 0.146 e. The Hall–Kier alpha value is -1.75. The number of rotatable bonds is 4. The minimum absolute atomic E-state index is 0.169. The van der Waals surface area contributed by atoms with Gasteiger partial charge in [0.15, 0.2) is 0 Å². The Balaban J connectivity index is 2.01. The first kappa shape index (κ1) is 11.7. The van der Waals surface area contributed by atoms with Gasteiger partial charge in [0, 0.05) is 19.2 Å². The van der Waals surface area contributed by atoms with E-state index >= 15 is 0 Å². The molecule has 2 aromatic rings. The molecule has 0 bridgehead atoms. The molecule has 0 spiro atoms. The maximum absolute atomic E-state index is 13.4. The number of nitrogens with zero attached hydrogens (tertiary/aromatic N) is 4. The van der Waals surface area contributed by atoms with Crippen LogP contribution in [0.5, 0.6) is 0 Å². The summed E-state index contributed by atoms with van der Waals surface area (Å²) in [6.45, 7) is 1.20. The van der Waals surface area contributed by atoms with Crippen molar-refractivity contribution in [2.24, 2.45) is 7.05 Å². The number of aryl methyl sites for hydroxylation is 1. The summed E-state index contributed by atoms with van der Waals surface area (Å²) in [5.41, 5.74) is 0.692. The van der Waals surface area contributed by atoms with E-state index in [4.69, 9.17) is 0 Å². The van der Waals surface area contributed by atoms with Gasteiger partial charge in [-0.15, -0.1) is 10.2 Å². The average Bonchev–Trinajstić information content (AvgIpc) is 2.68. The molecular weight excluding hydrogens is 219 g/mol. The van der Waals surface area contributed by atoms with Crippen LogP contribution in [0.4, 0.5) is 4.39 Å². The van der Waals surface area contributed by atoms with Gasteiger partial charge in [0.1, 0.15) is 18.0 Å². The minimum atomic E-state index is -0.169. The molecule has 2 rings (SSSR count). The monoisotopic (exact) mass is 234 g/mol. The third-order valence-electron chi connectivity index (χ3n) is 2.61. The molecule has 0 aliphatic heterocycles. The topological polar surface area (TPSA) is 34.0 Å². The zero-order valence-corrected chi connectivity index (χ0v) is 9.97. The summed E-state index contributed by atoms with van der Waals surface area (Å²) in [6, 6.07) is 6.81. The first-order valence-corrected chi connectivity index (χ1v) is 5.41. The molecule has 0 N–H and O–H groups in total. The van der Waals surface area contributed by atoms with Gasteiger partial charge in [0.05, 0.1) is 6.54 Å². The van der Waals surface area contributed by atoms with Crippen molar-refractivity contribution < 1.29 is 4.39 Å². The fourth-order valence-corrected chi connectivity index (χ4v) is 1.67. The maximum atomic E-state index is 13.4. The Morgan fingerprint density at radius 1 is 1.29 bits per heavy atom. The Morgan fingerprint density at radius 2 is 2.06 bits per heavy atom. The minimum Gasteiger partial charge on any atom is -0.320 e. The van der Waals surface area contributed by atoms with Gasteiger partial charge in [0.2, 0.25) is 0 Å². The third-order valence-corrected chi connectivity index (χ3v) is 2.61. The van der Waals surface area contributed by atoms with Crippen LogP contribution in [0.15, 0.2) is 30.6 Å². The number of benzene rings is 1. The van der Waals surface area contributed by atoms with Crippen LogP contribution in [0.25, 0.3) is 0 Å². The van der Waals surface area contributed by atoms with E-state index in [2.05, 4.69) is 10.2 Å². The first-order chi connectivity index (χ1) is 8.16. The van der Waals surface area contributed by atoms with Crippen LogP contribution in [0.1, 0.15) is 11.4 Å². The van der Waals surface area contributed by atoms with E-state index in [-0.39, 0.29) is 5.82 Å². The third kappa shape index (κ3) is 2.88. The van der Waals surface area contributed by atoms with E-state index in [9.17, 15) is 4.39 Å². The van der Waals surface area contributed by atoms with Gasteiger partial charge < -0.3 is 4.57 Å². The lowest BCUT2D eigenvalue weighted by molar-refractivity contribution is 0.301. The van der Waals surface area contributed by atoms with Crippen LogP contribution in [0.3, 0.4) is 0 Å². The van der Waals surface area contributed by atoms with Crippen molar-refractivity contribution in [3.05, 3.63) is 47.8 Å². The molecule has 0 amide bonds. The number of hydrogen-bond acceptors (Lipinski definition) is 3. The van der Waals surface area contributed by atoms with Gasteiger partial charge in [-0.25, -0.2) is 4.39 Å². The van der Waals surface area contributed by atoms with E-state index in [1.54, 1.807) is 18.5 Å². The molecule has 17 heavy (non-hydrogen) atoms. The van der Waals surface area contributed by atoms with Gasteiger partial charge in [-0.3, -0.25) is 4.90 Å². The van der Waals surface area contributed by atoms with Crippen molar-refractivity contribution in [1.29, 1.82) is 0 Å². The second-order valence-electron chi connectivity index (χ2n) is 4.12. The van der Waals surface area contributed by atoms with Crippen molar-refractivity contribution >= 4 is 0 Å². The molecule has 5 heteroatoms. The fraction of sp³-hybridized carbons (Fsp3) is 0.333. The molecule has 0 aliphatic carbocycles. The van der Waals surface area contributed by atoms with E-state index < -0.39 is 0 Å². The van der Waals surface area contributed by atoms with Crippen molar-refractivity contribution in [3.8, 4) is 0 Å². The van der Waals surface area contributed by atoms with E-state index in [0.29, 0.717) is 18.7 Å². The summed E-state index contributed by atoms with van der Waals surface area (Å²) in [5.74, 6) is 0.696. The molecule has 0 radical (unpaired) electrons. The number of aromatic nitrogens is 3. The summed E-state index contributed by atoms with van der Waals surface area (Å²) in [5, 5.41) is 7.81. The molecule has 1 aromatic carbocycles. The van der Waals surface area contributed by atoms with Gasteiger partial charge in [-0.1, -0.05) is 18.2 Å². The van der Waals surface area contributed by atoms with Gasteiger partial charge in [0.25, 0.3) is 0 Å². The van der Waals surface area contributed by atoms with Crippen molar-refractivity contribution in [3.63, 3.8) is 0 Å². The van der Waals surface area contributed by atoms with Crippen molar-refractivity contribution in [2.75, 3.05) is 7.05 Å². The number of hydrogen-bond donors (Lipinski definition) is 0. The molecule has 0 saturated carbocycles. The predicted molar refractivity (Wildman–Crippen MR) is 62.6 cm³/mol. The summed E-state index contributed by atoms with van der Waals surface area (Å²) in [6.07, 6.45) is 1.66. The second kappa shape index (κ2) is 5.05. The predicted octanol–water partition coefficient (Wildman–Crippen LogP) is 1.59. The Bertz CT molecular complexity index is 495. The van der Waals surface area contributed by atoms with Crippen LogP contribution in [0, 0.1) is 5.82 Å². The number of halogens is 1. The summed E-state index contributed by atoms with van der Waals surface area (Å²) in [4.78, 5) is 2.00. The van der Waals surface area contributed by atoms with Crippen LogP contribution in [-0.2, 0) is 20.1 Å². The van der Waals surface area contributed by atoms with E-state index in [1.165, 1.54) is 6.07 Å². The lowest BCUT2D eigenvalue weighted by Gasteiger charge is -2.16. The zero-order valence-electron chi connectivity index (χ0n) is 9.97. The largest absolute Gasteiger partial charge is 0.320 e. The Labute approximate surface area is 99.7 Å². The molecule has 90 valence electrons. The van der Waals surface area contributed by atoms with E-state index in [0.717, 1.165) is 5.82 Å². The highest BCUT2D eigenvalue weighted by Gasteiger charge is 2.08. The van der Waals surface area contributed by atoms with Gasteiger partial charge in [-0.05, 0) is 13.1 Å². The molecule has 1 aromatic heterocycles. The first-order valence-electron chi connectivity index (χ1n) is 5.41. The van der Waals surface area contributed by atoms with Crippen LogP contribution in [-0.4, -0.2) is 26.7 Å². The molecular formula is C12H15FN4. The SMILES string of the molecule is CN(Cc1ccccc1F)Cc1nncn1C. The highest BCUT2D eigenvalue weighted by Crippen LogP contribution is 2.10. The molecule has 0 fully saturated rings.